The smallest absolute Gasteiger partial charge is 0.236 e. The quantitative estimate of drug-likeness (QED) is 0.763. The van der Waals surface area contributed by atoms with E-state index < -0.39 is 0 Å². The largest absolute Gasteiger partial charge is 0.492 e. The van der Waals surface area contributed by atoms with Crippen LogP contribution < -0.4 is 4.74 Å². The monoisotopic (exact) mass is 347 g/mol. The number of hydrogen-bond donors (Lipinski definition) is 0. The molecule has 0 saturated carbocycles. The maximum atomic E-state index is 12.3. The summed E-state index contributed by atoms with van der Waals surface area (Å²) in [5.41, 5.74) is 1.17. The third-order valence-corrected chi connectivity index (χ3v) is 4.95. The lowest BCUT2D eigenvalue weighted by Gasteiger charge is -2.35. The Morgan fingerprint density at radius 1 is 1.04 bits per heavy atom. The number of aryl methyl sites for hydroxylation is 1. The summed E-state index contributed by atoms with van der Waals surface area (Å²) in [4.78, 5) is 18.9. The minimum Gasteiger partial charge on any atom is -0.492 e. The van der Waals surface area contributed by atoms with Crippen molar-refractivity contribution in [2.45, 2.75) is 6.92 Å². The van der Waals surface area contributed by atoms with Gasteiger partial charge in [0.15, 0.2) is 0 Å². The van der Waals surface area contributed by atoms with Crippen molar-refractivity contribution in [3.05, 3.63) is 29.8 Å². The normalized spacial score (nSPS) is 19.8. The number of carbonyl (C=O) groups is 1. The van der Waals surface area contributed by atoms with Crippen molar-refractivity contribution in [1.82, 2.24) is 14.7 Å². The number of amides is 1. The fourth-order valence-electron chi connectivity index (χ4n) is 3.28. The van der Waals surface area contributed by atoms with E-state index in [1.165, 1.54) is 5.56 Å². The molecule has 25 heavy (non-hydrogen) atoms. The van der Waals surface area contributed by atoms with E-state index in [-0.39, 0.29) is 5.91 Å². The maximum absolute atomic E-state index is 12.3. The van der Waals surface area contributed by atoms with Crippen molar-refractivity contribution in [1.29, 1.82) is 0 Å². The van der Waals surface area contributed by atoms with Crippen LogP contribution >= 0.6 is 0 Å². The van der Waals surface area contributed by atoms with Gasteiger partial charge < -0.3 is 14.4 Å². The number of morpholine rings is 1. The molecule has 0 aliphatic carbocycles. The Kier molecular flexibility index (Phi) is 6.67. The van der Waals surface area contributed by atoms with E-state index in [9.17, 15) is 4.79 Å². The third kappa shape index (κ3) is 5.42. The fraction of sp³-hybridized carbons (Fsp3) is 0.632. The maximum Gasteiger partial charge on any atom is 0.236 e. The van der Waals surface area contributed by atoms with Crippen molar-refractivity contribution in [2.75, 3.05) is 72.2 Å². The predicted octanol–water partition coefficient (Wildman–Crippen LogP) is 0.850. The highest BCUT2D eigenvalue weighted by Crippen LogP contribution is 2.16. The molecule has 1 aromatic carbocycles. The van der Waals surface area contributed by atoms with Crippen LogP contribution in [0, 0.1) is 6.92 Å². The van der Waals surface area contributed by atoms with Crippen molar-refractivity contribution in [3.8, 4) is 5.75 Å². The number of hydrogen-bond acceptors (Lipinski definition) is 5. The zero-order valence-corrected chi connectivity index (χ0v) is 15.2. The summed E-state index contributed by atoms with van der Waals surface area (Å²) >= 11 is 0. The van der Waals surface area contributed by atoms with Crippen LogP contribution in [-0.4, -0.2) is 92.8 Å². The SMILES string of the molecule is Cc1ccccc1OCCN1CCN(CC(=O)N2CCOCC2)CC1. The molecule has 3 rings (SSSR count). The molecule has 1 amide bonds. The van der Waals surface area contributed by atoms with Crippen LogP contribution in [0.2, 0.25) is 0 Å². The van der Waals surface area contributed by atoms with E-state index in [0.29, 0.717) is 26.4 Å². The van der Waals surface area contributed by atoms with Gasteiger partial charge in [-0.25, -0.2) is 0 Å². The van der Waals surface area contributed by atoms with E-state index in [0.717, 1.165) is 51.6 Å². The minimum absolute atomic E-state index is 0.236. The molecule has 0 atom stereocenters. The van der Waals surface area contributed by atoms with Gasteiger partial charge in [0, 0.05) is 45.8 Å². The van der Waals surface area contributed by atoms with Gasteiger partial charge in [0.25, 0.3) is 0 Å². The molecule has 2 fully saturated rings. The molecule has 2 saturated heterocycles. The van der Waals surface area contributed by atoms with E-state index in [1.807, 2.05) is 23.1 Å². The second-order valence-electron chi connectivity index (χ2n) is 6.72. The summed E-state index contributed by atoms with van der Waals surface area (Å²) in [6, 6.07) is 8.12. The van der Waals surface area contributed by atoms with E-state index in [1.54, 1.807) is 0 Å². The number of rotatable bonds is 6. The molecular weight excluding hydrogens is 318 g/mol. The Morgan fingerprint density at radius 3 is 2.44 bits per heavy atom. The Morgan fingerprint density at radius 2 is 1.72 bits per heavy atom. The molecule has 0 bridgehead atoms. The number of para-hydroxylation sites is 1. The standard InChI is InChI=1S/C19H29N3O3/c1-17-4-2-3-5-18(17)25-15-10-20-6-8-21(9-7-20)16-19(23)22-11-13-24-14-12-22/h2-5H,6-16H2,1H3. The topological polar surface area (TPSA) is 45.2 Å². The van der Waals surface area contributed by atoms with Gasteiger partial charge in [-0.2, -0.15) is 0 Å². The highest BCUT2D eigenvalue weighted by Gasteiger charge is 2.22. The summed E-state index contributed by atoms with van der Waals surface area (Å²) in [5.74, 6) is 1.21. The molecule has 0 aromatic heterocycles. The molecular formula is C19H29N3O3. The first-order valence-corrected chi connectivity index (χ1v) is 9.21. The molecule has 2 aliphatic heterocycles. The van der Waals surface area contributed by atoms with Crippen LogP contribution in [0.3, 0.4) is 0 Å². The second kappa shape index (κ2) is 9.17. The van der Waals surface area contributed by atoms with Gasteiger partial charge in [-0.3, -0.25) is 14.6 Å². The van der Waals surface area contributed by atoms with Crippen LogP contribution in [0.15, 0.2) is 24.3 Å². The van der Waals surface area contributed by atoms with Crippen molar-refractivity contribution in [2.24, 2.45) is 0 Å². The molecule has 138 valence electrons. The number of benzene rings is 1. The Bertz CT molecular complexity index is 553. The highest BCUT2D eigenvalue weighted by atomic mass is 16.5. The van der Waals surface area contributed by atoms with E-state index in [4.69, 9.17) is 9.47 Å². The Balaban J connectivity index is 1.33. The first-order valence-electron chi connectivity index (χ1n) is 9.21. The van der Waals surface area contributed by atoms with E-state index >= 15 is 0 Å². The molecule has 2 aliphatic rings. The van der Waals surface area contributed by atoms with Crippen molar-refractivity contribution >= 4 is 5.91 Å². The third-order valence-electron chi connectivity index (χ3n) is 4.95. The van der Waals surface area contributed by atoms with Crippen LogP contribution in [0.5, 0.6) is 5.75 Å². The zero-order chi connectivity index (χ0) is 17.5. The summed E-state index contributed by atoms with van der Waals surface area (Å²) in [7, 11) is 0. The summed E-state index contributed by atoms with van der Waals surface area (Å²) in [5, 5.41) is 0. The predicted molar refractivity (Wildman–Crippen MR) is 97.0 cm³/mol. The van der Waals surface area contributed by atoms with Crippen molar-refractivity contribution < 1.29 is 14.3 Å². The van der Waals surface area contributed by atoms with Crippen LogP contribution in [0.1, 0.15) is 5.56 Å². The summed E-state index contributed by atoms with van der Waals surface area (Å²) in [6.07, 6.45) is 0. The first-order chi connectivity index (χ1) is 12.2. The van der Waals surface area contributed by atoms with Crippen LogP contribution in [0.25, 0.3) is 0 Å². The molecule has 6 heteroatoms. The lowest BCUT2D eigenvalue weighted by Crippen LogP contribution is -2.52. The van der Waals surface area contributed by atoms with Crippen molar-refractivity contribution in [3.63, 3.8) is 0 Å². The van der Waals surface area contributed by atoms with Crippen LogP contribution in [0.4, 0.5) is 0 Å². The van der Waals surface area contributed by atoms with E-state index in [2.05, 4.69) is 22.8 Å². The zero-order valence-electron chi connectivity index (χ0n) is 15.2. The Labute approximate surface area is 150 Å². The van der Waals surface area contributed by atoms with Gasteiger partial charge in [0.2, 0.25) is 5.91 Å². The molecule has 6 nitrogen and oxygen atoms in total. The molecule has 1 aromatic rings. The van der Waals surface area contributed by atoms with Crippen LogP contribution in [-0.2, 0) is 9.53 Å². The average molecular weight is 347 g/mol. The van der Waals surface area contributed by atoms with Gasteiger partial charge in [-0.1, -0.05) is 18.2 Å². The molecule has 0 radical (unpaired) electrons. The molecule has 2 heterocycles. The number of ether oxygens (including phenoxy) is 2. The summed E-state index contributed by atoms with van der Waals surface area (Å²) < 4.78 is 11.2. The lowest BCUT2D eigenvalue weighted by molar-refractivity contribution is -0.136. The summed E-state index contributed by atoms with van der Waals surface area (Å²) in [6.45, 7) is 10.9. The van der Waals surface area contributed by atoms with Gasteiger partial charge >= 0.3 is 0 Å². The number of piperazine rings is 1. The number of carbonyl (C=O) groups excluding carboxylic acids is 1. The average Bonchev–Trinajstić information content (AvgIpc) is 2.65. The van der Waals surface area contributed by atoms with Gasteiger partial charge in [-0.15, -0.1) is 0 Å². The van der Waals surface area contributed by atoms with Gasteiger partial charge in [0.1, 0.15) is 12.4 Å². The minimum atomic E-state index is 0.236. The molecule has 0 N–H and O–H groups in total. The van der Waals surface area contributed by atoms with Gasteiger partial charge in [-0.05, 0) is 18.6 Å². The molecule has 0 unspecified atom stereocenters. The highest BCUT2D eigenvalue weighted by molar-refractivity contribution is 5.78. The number of nitrogens with zero attached hydrogens (tertiary/aromatic N) is 3. The van der Waals surface area contributed by atoms with Gasteiger partial charge in [0.05, 0.1) is 19.8 Å². The second-order valence-corrected chi connectivity index (χ2v) is 6.72. The first kappa shape index (κ1) is 18.2. The molecule has 0 spiro atoms. The fourth-order valence-corrected chi connectivity index (χ4v) is 3.28. The Hall–Kier alpha value is -1.63. The lowest BCUT2D eigenvalue weighted by atomic mass is 10.2.